The van der Waals surface area contributed by atoms with E-state index < -0.39 is 18.2 Å². The number of hydrogen-bond donors (Lipinski definition) is 1. The summed E-state index contributed by atoms with van der Waals surface area (Å²) in [5.74, 6) is 0.0837. The van der Waals surface area contributed by atoms with Gasteiger partial charge in [-0.15, -0.1) is 0 Å². The number of carbonyl (C=O) groups excluding carboxylic acids is 1. The molecule has 1 aromatic heterocycles. The van der Waals surface area contributed by atoms with Crippen LogP contribution in [0.3, 0.4) is 0 Å². The molecule has 0 bridgehead atoms. The molecule has 0 radical (unpaired) electrons. The summed E-state index contributed by atoms with van der Waals surface area (Å²) in [4.78, 5) is 25.0. The molecule has 1 amide bonds. The number of fused-ring (bicyclic) bond motifs is 1. The summed E-state index contributed by atoms with van der Waals surface area (Å²) >= 11 is 12.3. The van der Waals surface area contributed by atoms with E-state index in [9.17, 15) is 9.18 Å². The molecule has 11 heteroatoms. The largest absolute Gasteiger partial charge is 0.481 e. The molecule has 6 rings (SSSR count). The van der Waals surface area contributed by atoms with E-state index in [0.717, 1.165) is 30.5 Å². The molecule has 2 atom stereocenters. The smallest absolute Gasteiger partial charge is 0.279 e. The summed E-state index contributed by atoms with van der Waals surface area (Å²) in [5.41, 5.74) is 3.01. The van der Waals surface area contributed by atoms with Crippen LogP contribution in [0.2, 0.25) is 10.0 Å². The average molecular weight is 556 g/mol. The Morgan fingerprint density at radius 2 is 1.87 bits per heavy atom. The van der Waals surface area contributed by atoms with Crippen LogP contribution in [0, 0.1) is 5.82 Å². The molecule has 0 spiro atoms. The van der Waals surface area contributed by atoms with Gasteiger partial charge in [-0.1, -0.05) is 35.3 Å². The van der Waals surface area contributed by atoms with Gasteiger partial charge in [-0.2, -0.15) is 4.99 Å². The Morgan fingerprint density at radius 1 is 1.11 bits per heavy atom. The highest BCUT2D eigenvalue weighted by molar-refractivity contribution is 6.31. The highest BCUT2D eigenvalue weighted by atomic mass is 35.5. The normalized spacial score (nSPS) is 21.0. The molecule has 1 saturated carbocycles. The van der Waals surface area contributed by atoms with E-state index in [1.54, 1.807) is 36.4 Å². The average Bonchev–Trinajstić information content (AvgIpc) is 3.40. The van der Waals surface area contributed by atoms with Crippen LogP contribution >= 0.6 is 23.2 Å². The fourth-order valence-corrected chi connectivity index (χ4v) is 5.45. The van der Waals surface area contributed by atoms with Crippen LogP contribution in [0.25, 0.3) is 5.57 Å². The van der Waals surface area contributed by atoms with Crippen LogP contribution in [0.1, 0.15) is 58.9 Å². The van der Waals surface area contributed by atoms with Gasteiger partial charge in [0.1, 0.15) is 17.7 Å². The number of nitrogens with zero attached hydrogens (tertiary/aromatic N) is 4. The fourth-order valence-electron chi connectivity index (χ4n) is 5.15. The zero-order valence-corrected chi connectivity index (χ0v) is 22.1. The highest BCUT2D eigenvalue weighted by Gasteiger charge is 2.46. The maximum Gasteiger partial charge on any atom is 0.279 e. The number of nitrogens with one attached hydrogen (secondary N) is 1. The molecule has 1 fully saturated rings. The number of anilines is 1. The lowest BCUT2D eigenvalue weighted by atomic mass is 9.91. The number of imidazole rings is 1. The number of methoxy groups -OCH3 is 2. The standard InChI is InChI=1S/C27H24Cl2FN5O3/c1-37-25-18(13-31-27(33-25)38-2)24-32-21-23(34(24)16-4-3-5-16)22(14-6-8-15(28)9-7-14)35(26(21)36)17-10-11-20(30)19(29)12-17/h6-13,16,22,27,31H,3-5H2,1-2H3. The van der Waals surface area contributed by atoms with Gasteiger partial charge in [0.25, 0.3) is 5.91 Å². The van der Waals surface area contributed by atoms with E-state index in [-0.39, 0.29) is 17.0 Å². The van der Waals surface area contributed by atoms with Crippen LogP contribution < -0.4 is 10.2 Å². The molecule has 8 nitrogen and oxygen atoms in total. The van der Waals surface area contributed by atoms with Gasteiger partial charge in [0, 0.05) is 30.1 Å². The molecule has 1 aliphatic carbocycles. The first-order valence-corrected chi connectivity index (χ1v) is 12.9. The molecule has 1 N–H and O–H groups in total. The Balaban J connectivity index is 1.56. The van der Waals surface area contributed by atoms with Gasteiger partial charge in [-0.25, -0.2) is 9.37 Å². The van der Waals surface area contributed by atoms with E-state index in [2.05, 4.69) is 14.9 Å². The Hall–Kier alpha value is -3.40. The molecule has 2 aliphatic heterocycles. The number of aromatic nitrogens is 2. The Morgan fingerprint density at radius 3 is 2.50 bits per heavy atom. The molecule has 2 unspecified atom stereocenters. The lowest BCUT2D eigenvalue weighted by Gasteiger charge is -2.34. The van der Waals surface area contributed by atoms with Crippen molar-refractivity contribution in [1.82, 2.24) is 14.9 Å². The van der Waals surface area contributed by atoms with Gasteiger partial charge in [0.05, 0.1) is 23.4 Å². The number of halogens is 3. The zero-order chi connectivity index (χ0) is 26.6. The van der Waals surface area contributed by atoms with E-state index in [1.807, 2.05) is 12.1 Å². The van der Waals surface area contributed by atoms with Crippen LogP contribution in [0.4, 0.5) is 10.1 Å². The van der Waals surface area contributed by atoms with Crippen molar-refractivity contribution in [2.45, 2.75) is 37.7 Å². The number of hydrogen-bond acceptors (Lipinski definition) is 6. The SMILES string of the molecule is COC1=NC(OC)NC=C1c1nc2c(n1C1CCC1)C(c1ccc(Cl)cc1)N(c1ccc(F)c(Cl)c1)C2=O. The lowest BCUT2D eigenvalue weighted by molar-refractivity contribution is 0.0902. The van der Waals surface area contributed by atoms with Gasteiger partial charge >= 0.3 is 0 Å². The second kappa shape index (κ2) is 9.72. The minimum atomic E-state index is -0.588. The second-order valence-electron chi connectivity index (χ2n) is 9.30. The Bertz CT molecular complexity index is 1480. The molecule has 3 aromatic rings. The van der Waals surface area contributed by atoms with Gasteiger partial charge in [0.15, 0.2) is 5.69 Å². The van der Waals surface area contributed by atoms with Crippen molar-refractivity contribution in [1.29, 1.82) is 0 Å². The summed E-state index contributed by atoms with van der Waals surface area (Å²) in [6.07, 6.45) is 4.13. The third-order valence-electron chi connectivity index (χ3n) is 7.19. The highest BCUT2D eigenvalue weighted by Crippen LogP contribution is 2.47. The van der Waals surface area contributed by atoms with E-state index in [4.69, 9.17) is 37.7 Å². The molecule has 2 aromatic carbocycles. The second-order valence-corrected chi connectivity index (χ2v) is 10.1. The number of benzene rings is 2. The van der Waals surface area contributed by atoms with Crippen molar-refractivity contribution in [3.8, 4) is 0 Å². The van der Waals surface area contributed by atoms with Crippen molar-refractivity contribution in [2.75, 3.05) is 19.1 Å². The molecule has 0 saturated heterocycles. The number of carbonyl (C=O) groups is 1. The molecular formula is C27H24Cl2FN5O3. The first-order chi connectivity index (χ1) is 18.4. The van der Waals surface area contributed by atoms with Gasteiger partial charge < -0.3 is 19.4 Å². The number of aliphatic imine (C=N–C) groups is 1. The first kappa shape index (κ1) is 24.9. The Kier molecular flexibility index (Phi) is 6.37. The van der Waals surface area contributed by atoms with Crippen LogP contribution in [-0.4, -0.2) is 41.9 Å². The van der Waals surface area contributed by atoms with Crippen molar-refractivity contribution in [3.05, 3.63) is 87.3 Å². The quantitative estimate of drug-likeness (QED) is 0.435. The third-order valence-corrected chi connectivity index (χ3v) is 7.73. The van der Waals surface area contributed by atoms with E-state index >= 15 is 0 Å². The van der Waals surface area contributed by atoms with Crippen molar-refractivity contribution in [2.24, 2.45) is 4.99 Å². The molecule has 38 heavy (non-hydrogen) atoms. The summed E-state index contributed by atoms with van der Waals surface area (Å²) in [6, 6.07) is 11.2. The van der Waals surface area contributed by atoms with Crippen molar-refractivity contribution in [3.63, 3.8) is 0 Å². The van der Waals surface area contributed by atoms with Crippen molar-refractivity contribution < 1.29 is 18.7 Å². The summed E-state index contributed by atoms with van der Waals surface area (Å²) in [6.45, 7) is 0. The molecule has 3 heterocycles. The lowest BCUT2D eigenvalue weighted by Crippen LogP contribution is -2.34. The van der Waals surface area contributed by atoms with E-state index in [1.165, 1.54) is 19.2 Å². The summed E-state index contributed by atoms with van der Waals surface area (Å²) in [7, 11) is 3.08. The predicted molar refractivity (Wildman–Crippen MR) is 143 cm³/mol. The van der Waals surface area contributed by atoms with E-state index in [0.29, 0.717) is 33.7 Å². The molecule has 196 valence electrons. The monoisotopic (exact) mass is 555 g/mol. The van der Waals surface area contributed by atoms with Crippen LogP contribution in [-0.2, 0) is 9.47 Å². The fraction of sp³-hybridized carbons (Fsp3) is 0.296. The first-order valence-electron chi connectivity index (χ1n) is 12.2. The third kappa shape index (κ3) is 3.97. The molecular weight excluding hydrogens is 532 g/mol. The summed E-state index contributed by atoms with van der Waals surface area (Å²) < 4.78 is 27.1. The maximum atomic E-state index is 14.0. The number of rotatable bonds is 5. The van der Waals surface area contributed by atoms with Gasteiger partial charge in [-0.05, 0) is 55.2 Å². The maximum absolute atomic E-state index is 14.0. The van der Waals surface area contributed by atoms with Gasteiger partial charge in [0.2, 0.25) is 12.2 Å². The predicted octanol–water partition coefficient (Wildman–Crippen LogP) is 5.72. The Labute approximate surface area is 228 Å². The topological polar surface area (TPSA) is 81.0 Å². The number of ether oxygens (including phenoxy) is 2. The minimum absolute atomic E-state index is 0.0654. The minimum Gasteiger partial charge on any atom is -0.481 e. The molecule has 3 aliphatic rings. The van der Waals surface area contributed by atoms with Crippen LogP contribution in [0.15, 0.2) is 53.7 Å². The zero-order valence-electron chi connectivity index (χ0n) is 20.6. The summed E-state index contributed by atoms with van der Waals surface area (Å²) in [5, 5.41) is 3.60. The van der Waals surface area contributed by atoms with Crippen molar-refractivity contribution >= 4 is 46.3 Å². The van der Waals surface area contributed by atoms with Gasteiger partial charge in [-0.3, -0.25) is 9.69 Å². The number of amides is 1. The van der Waals surface area contributed by atoms with Crippen LogP contribution in [0.5, 0.6) is 0 Å².